The minimum atomic E-state index is 0.817. The zero-order valence-corrected chi connectivity index (χ0v) is 12.1. The molecule has 0 amide bonds. The molecule has 0 aromatic carbocycles. The van der Waals surface area contributed by atoms with Crippen molar-refractivity contribution in [3.05, 3.63) is 0 Å². The number of halogens is 1. The summed E-state index contributed by atoms with van der Waals surface area (Å²) in [7, 11) is 0. The van der Waals surface area contributed by atoms with Crippen LogP contribution >= 0.6 is 15.9 Å². The van der Waals surface area contributed by atoms with E-state index < -0.39 is 0 Å². The van der Waals surface area contributed by atoms with Crippen LogP contribution in [-0.4, -0.2) is 29.4 Å². The first-order valence-corrected chi connectivity index (χ1v) is 7.55. The van der Waals surface area contributed by atoms with Gasteiger partial charge in [-0.3, -0.25) is 0 Å². The van der Waals surface area contributed by atoms with E-state index in [9.17, 15) is 0 Å². The molecule has 0 aromatic heterocycles. The van der Waals surface area contributed by atoms with Gasteiger partial charge in [0.2, 0.25) is 0 Å². The van der Waals surface area contributed by atoms with E-state index in [0.29, 0.717) is 0 Å². The first-order valence-electron chi connectivity index (χ1n) is 6.43. The predicted molar refractivity (Wildman–Crippen MR) is 71.6 cm³/mol. The minimum Gasteiger partial charge on any atom is -0.300 e. The summed E-state index contributed by atoms with van der Waals surface area (Å²) in [6, 6.07) is 0.817. The molecule has 1 aliphatic heterocycles. The minimum absolute atomic E-state index is 0.817. The summed E-state index contributed by atoms with van der Waals surface area (Å²) in [6.07, 6.45) is 5.50. The molecule has 2 heteroatoms. The summed E-state index contributed by atoms with van der Waals surface area (Å²) >= 11 is 3.52. The summed E-state index contributed by atoms with van der Waals surface area (Å²) in [5.41, 5.74) is 0. The van der Waals surface area contributed by atoms with E-state index in [1.165, 1.54) is 38.8 Å². The summed E-state index contributed by atoms with van der Waals surface area (Å²) < 4.78 is 0. The van der Waals surface area contributed by atoms with Gasteiger partial charge < -0.3 is 4.90 Å². The van der Waals surface area contributed by atoms with E-state index in [-0.39, 0.29) is 0 Å². The van der Waals surface area contributed by atoms with Crippen molar-refractivity contribution in [2.24, 2.45) is 11.8 Å². The average molecular weight is 276 g/mol. The average Bonchev–Trinajstić information content (AvgIpc) is 2.20. The number of hydrogen-bond donors (Lipinski definition) is 0. The Morgan fingerprint density at radius 1 is 1.27 bits per heavy atom. The normalized spacial score (nSPS) is 30.4. The third-order valence-corrected chi connectivity index (χ3v) is 4.22. The quantitative estimate of drug-likeness (QED) is 0.688. The largest absolute Gasteiger partial charge is 0.300 e. The third kappa shape index (κ3) is 4.86. The maximum absolute atomic E-state index is 3.52. The maximum atomic E-state index is 3.52. The third-order valence-electron chi connectivity index (χ3n) is 3.76. The van der Waals surface area contributed by atoms with Gasteiger partial charge in [0.15, 0.2) is 0 Å². The molecule has 15 heavy (non-hydrogen) atoms. The Morgan fingerprint density at radius 3 is 2.67 bits per heavy atom. The lowest BCUT2D eigenvalue weighted by atomic mass is 9.94. The summed E-state index contributed by atoms with van der Waals surface area (Å²) in [5.74, 6) is 1.78. The molecular weight excluding hydrogens is 250 g/mol. The molecule has 3 atom stereocenters. The number of alkyl halides is 1. The van der Waals surface area contributed by atoms with E-state index in [0.717, 1.165) is 23.2 Å². The van der Waals surface area contributed by atoms with Gasteiger partial charge in [-0.1, -0.05) is 29.8 Å². The Balaban J connectivity index is 2.23. The van der Waals surface area contributed by atoms with Gasteiger partial charge in [0, 0.05) is 17.9 Å². The lowest BCUT2D eigenvalue weighted by Gasteiger charge is -2.37. The van der Waals surface area contributed by atoms with Crippen LogP contribution in [0.1, 0.15) is 46.5 Å². The predicted octanol–water partition coefficient (Wildman–Crippen LogP) is 3.92. The molecule has 1 heterocycles. The highest BCUT2D eigenvalue weighted by molar-refractivity contribution is 9.09. The second-order valence-electron chi connectivity index (χ2n) is 5.40. The summed E-state index contributed by atoms with van der Waals surface area (Å²) in [6.45, 7) is 9.78. The van der Waals surface area contributed by atoms with Gasteiger partial charge >= 0.3 is 0 Å². The van der Waals surface area contributed by atoms with E-state index in [2.05, 4.69) is 41.6 Å². The molecule has 1 fully saturated rings. The van der Waals surface area contributed by atoms with Crippen LogP contribution in [0.15, 0.2) is 0 Å². The lowest BCUT2D eigenvalue weighted by Crippen LogP contribution is -2.41. The molecule has 0 spiro atoms. The van der Waals surface area contributed by atoms with Gasteiger partial charge in [-0.25, -0.2) is 0 Å². The Kier molecular flexibility index (Phi) is 6.21. The maximum Gasteiger partial charge on any atom is 0.00671 e. The first kappa shape index (κ1) is 13.5. The van der Waals surface area contributed by atoms with Crippen LogP contribution < -0.4 is 0 Å². The summed E-state index contributed by atoms with van der Waals surface area (Å²) in [5, 5.41) is 1.15. The Labute approximate surface area is 104 Å². The van der Waals surface area contributed by atoms with Crippen LogP contribution in [0.25, 0.3) is 0 Å². The van der Waals surface area contributed by atoms with Crippen molar-refractivity contribution in [2.45, 2.75) is 52.5 Å². The molecule has 0 saturated carbocycles. The van der Waals surface area contributed by atoms with Crippen LogP contribution in [-0.2, 0) is 0 Å². The molecule has 1 rings (SSSR count). The fraction of sp³-hybridized carbons (Fsp3) is 1.00. The lowest BCUT2D eigenvalue weighted by molar-refractivity contribution is 0.118. The van der Waals surface area contributed by atoms with Crippen LogP contribution in [0.2, 0.25) is 0 Å². The molecule has 3 unspecified atom stereocenters. The molecule has 90 valence electrons. The second kappa shape index (κ2) is 6.90. The van der Waals surface area contributed by atoms with E-state index in [1.807, 2.05) is 0 Å². The van der Waals surface area contributed by atoms with Crippen LogP contribution in [0.5, 0.6) is 0 Å². The second-order valence-corrected chi connectivity index (χ2v) is 6.19. The van der Waals surface area contributed by atoms with Crippen LogP contribution in [0, 0.1) is 11.8 Å². The Bertz CT molecular complexity index is 172. The van der Waals surface area contributed by atoms with Crippen LogP contribution in [0.3, 0.4) is 0 Å². The Morgan fingerprint density at radius 2 is 2.00 bits per heavy atom. The molecule has 0 aromatic rings. The van der Waals surface area contributed by atoms with Gasteiger partial charge in [0.25, 0.3) is 0 Å². The van der Waals surface area contributed by atoms with Gasteiger partial charge in [-0.2, -0.15) is 0 Å². The van der Waals surface area contributed by atoms with Crippen molar-refractivity contribution in [1.82, 2.24) is 4.90 Å². The molecule has 1 aliphatic rings. The molecular formula is C13H26BrN. The van der Waals surface area contributed by atoms with Gasteiger partial charge in [-0.05, 0) is 51.0 Å². The smallest absolute Gasteiger partial charge is 0.00671 e. The zero-order valence-electron chi connectivity index (χ0n) is 10.5. The van der Waals surface area contributed by atoms with Crippen molar-refractivity contribution in [3.8, 4) is 0 Å². The van der Waals surface area contributed by atoms with E-state index >= 15 is 0 Å². The summed E-state index contributed by atoms with van der Waals surface area (Å²) in [4.78, 5) is 2.69. The molecule has 0 bridgehead atoms. The highest BCUT2D eigenvalue weighted by Gasteiger charge is 2.22. The fourth-order valence-corrected chi connectivity index (χ4v) is 3.19. The molecule has 0 aliphatic carbocycles. The zero-order chi connectivity index (χ0) is 11.3. The van der Waals surface area contributed by atoms with Gasteiger partial charge in [0.05, 0.1) is 0 Å². The van der Waals surface area contributed by atoms with E-state index in [1.54, 1.807) is 0 Å². The van der Waals surface area contributed by atoms with Crippen molar-refractivity contribution in [2.75, 3.05) is 18.4 Å². The Hall–Kier alpha value is 0.440. The van der Waals surface area contributed by atoms with Crippen molar-refractivity contribution >= 4 is 15.9 Å². The number of nitrogens with zero attached hydrogens (tertiary/aromatic N) is 1. The molecule has 1 saturated heterocycles. The highest BCUT2D eigenvalue weighted by Crippen LogP contribution is 2.22. The van der Waals surface area contributed by atoms with E-state index in [4.69, 9.17) is 0 Å². The van der Waals surface area contributed by atoms with Crippen LogP contribution in [0.4, 0.5) is 0 Å². The monoisotopic (exact) mass is 275 g/mol. The first-order chi connectivity index (χ1) is 7.13. The van der Waals surface area contributed by atoms with Crippen molar-refractivity contribution in [3.63, 3.8) is 0 Å². The van der Waals surface area contributed by atoms with Gasteiger partial charge in [-0.15, -0.1) is 0 Å². The number of likely N-dealkylation sites (tertiary alicyclic amines) is 1. The van der Waals surface area contributed by atoms with Crippen molar-refractivity contribution < 1.29 is 0 Å². The highest BCUT2D eigenvalue weighted by atomic mass is 79.9. The number of rotatable bonds is 5. The van der Waals surface area contributed by atoms with Crippen molar-refractivity contribution in [1.29, 1.82) is 0 Å². The topological polar surface area (TPSA) is 3.24 Å². The molecule has 0 N–H and O–H groups in total. The standard InChI is InChI=1S/C13H26BrN/c1-11(6-8-14)7-9-15-10-12(2)4-5-13(15)3/h11-13H,4-10H2,1-3H3. The van der Waals surface area contributed by atoms with Gasteiger partial charge in [0.1, 0.15) is 0 Å². The number of hydrogen-bond acceptors (Lipinski definition) is 1. The number of piperidine rings is 1. The molecule has 1 nitrogen and oxygen atoms in total. The fourth-order valence-electron chi connectivity index (χ4n) is 2.41. The SMILES string of the molecule is CC(CCBr)CCN1CC(C)CCC1C. The molecule has 0 radical (unpaired) electrons.